The number of hydrogen-bond acceptors (Lipinski definition) is 5. The first-order valence-corrected chi connectivity index (χ1v) is 10.6. The van der Waals surface area contributed by atoms with E-state index in [1.165, 1.54) is 16.2 Å². The van der Waals surface area contributed by atoms with Crippen LogP contribution in [0.25, 0.3) is 0 Å². The molecule has 0 radical (unpaired) electrons. The van der Waals surface area contributed by atoms with Crippen LogP contribution in [0.4, 0.5) is 5.69 Å². The van der Waals surface area contributed by atoms with Crippen LogP contribution in [0.5, 0.6) is 0 Å². The zero-order valence-corrected chi connectivity index (χ0v) is 17.4. The molecule has 0 fully saturated rings. The maximum Gasteiger partial charge on any atom is 0.277 e. The molecule has 3 aromatic heterocycles. The molecule has 3 heterocycles. The fourth-order valence-electron chi connectivity index (χ4n) is 3.19. The summed E-state index contributed by atoms with van der Waals surface area (Å²) in [6.45, 7) is 0.361. The van der Waals surface area contributed by atoms with Crippen LogP contribution >= 0.6 is 11.3 Å². The second-order valence-corrected chi connectivity index (χ2v) is 7.70. The Balaban J connectivity index is 1.72. The van der Waals surface area contributed by atoms with Crippen molar-refractivity contribution in [3.8, 4) is 0 Å². The van der Waals surface area contributed by atoms with E-state index in [9.17, 15) is 9.59 Å². The molecule has 6 nitrogen and oxygen atoms in total. The molecule has 0 spiro atoms. The minimum absolute atomic E-state index is 0.253. The molecule has 1 N–H and O–H groups in total. The monoisotopic (exact) mass is 428 g/mol. The largest absolute Gasteiger partial charge is 0.350 e. The van der Waals surface area contributed by atoms with Crippen molar-refractivity contribution in [2.24, 2.45) is 0 Å². The third kappa shape index (κ3) is 4.84. The Morgan fingerprint density at radius 1 is 0.935 bits per heavy atom. The second kappa shape index (κ2) is 9.77. The van der Waals surface area contributed by atoms with Crippen molar-refractivity contribution in [3.05, 3.63) is 113 Å². The summed E-state index contributed by atoms with van der Waals surface area (Å²) in [5.41, 5.74) is 1.75. The van der Waals surface area contributed by atoms with Gasteiger partial charge in [-0.3, -0.25) is 24.5 Å². The van der Waals surface area contributed by atoms with Crippen LogP contribution in [0.3, 0.4) is 0 Å². The first-order chi connectivity index (χ1) is 15.2. The van der Waals surface area contributed by atoms with Gasteiger partial charge >= 0.3 is 0 Å². The zero-order valence-electron chi connectivity index (χ0n) is 16.6. The van der Waals surface area contributed by atoms with E-state index in [1.807, 2.05) is 47.8 Å². The lowest BCUT2D eigenvalue weighted by Crippen LogP contribution is -2.43. The van der Waals surface area contributed by atoms with Crippen LogP contribution in [-0.2, 0) is 11.3 Å². The third-order valence-electron chi connectivity index (χ3n) is 4.66. The van der Waals surface area contributed by atoms with Crippen molar-refractivity contribution in [2.75, 3.05) is 4.90 Å². The summed E-state index contributed by atoms with van der Waals surface area (Å²) in [4.78, 5) is 37.5. The molecule has 0 saturated heterocycles. The molecule has 7 heteroatoms. The lowest BCUT2D eigenvalue weighted by molar-refractivity contribution is -0.122. The molecule has 2 amide bonds. The van der Waals surface area contributed by atoms with Gasteiger partial charge in [-0.1, -0.05) is 42.5 Å². The Labute approximate surface area is 184 Å². The lowest BCUT2D eigenvalue weighted by atomic mass is 10.1. The van der Waals surface area contributed by atoms with Gasteiger partial charge in [0, 0.05) is 23.8 Å². The van der Waals surface area contributed by atoms with Gasteiger partial charge in [0.2, 0.25) is 5.91 Å². The first kappa shape index (κ1) is 20.4. The first-order valence-electron chi connectivity index (χ1n) is 9.73. The van der Waals surface area contributed by atoms with Crippen LogP contribution in [0, 0.1) is 0 Å². The third-order valence-corrected chi connectivity index (χ3v) is 5.58. The normalized spacial score (nSPS) is 11.5. The quantitative estimate of drug-likeness (QED) is 0.478. The van der Waals surface area contributed by atoms with Crippen LogP contribution in [0.1, 0.15) is 27.0 Å². The second-order valence-electron chi connectivity index (χ2n) is 6.72. The Morgan fingerprint density at radius 2 is 1.77 bits per heavy atom. The molecule has 1 aromatic carbocycles. The van der Waals surface area contributed by atoms with E-state index < -0.39 is 6.04 Å². The van der Waals surface area contributed by atoms with Crippen molar-refractivity contribution in [1.29, 1.82) is 0 Å². The zero-order chi connectivity index (χ0) is 21.5. The number of aromatic nitrogens is 2. The van der Waals surface area contributed by atoms with Gasteiger partial charge in [0.05, 0.1) is 11.9 Å². The molecule has 0 unspecified atom stereocenters. The topological polar surface area (TPSA) is 75.2 Å². The molecule has 0 aliphatic heterocycles. The number of hydrogen-bond donors (Lipinski definition) is 1. The molecule has 1 atom stereocenters. The SMILES string of the molecule is O=C(NCc1ccccc1)[C@H](c1cccs1)N(C(=O)c1ccccn1)c1cccnc1. The van der Waals surface area contributed by atoms with E-state index in [0.29, 0.717) is 12.2 Å². The van der Waals surface area contributed by atoms with Gasteiger partial charge in [0.15, 0.2) is 6.04 Å². The molecular formula is C24H20N4O2S. The van der Waals surface area contributed by atoms with E-state index in [-0.39, 0.29) is 17.5 Å². The van der Waals surface area contributed by atoms with Crippen LogP contribution in [0.15, 0.2) is 96.8 Å². The van der Waals surface area contributed by atoms with Gasteiger partial charge in [-0.15, -0.1) is 11.3 Å². The van der Waals surface area contributed by atoms with E-state index in [2.05, 4.69) is 15.3 Å². The van der Waals surface area contributed by atoms with Gasteiger partial charge in [0.25, 0.3) is 5.91 Å². The van der Waals surface area contributed by atoms with Crippen LogP contribution < -0.4 is 10.2 Å². The number of nitrogens with zero attached hydrogens (tertiary/aromatic N) is 3. The highest BCUT2D eigenvalue weighted by Crippen LogP contribution is 2.31. The summed E-state index contributed by atoms with van der Waals surface area (Å²) in [5, 5.41) is 4.87. The van der Waals surface area contributed by atoms with Crippen LogP contribution in [-0.4, -0.2) is 21.8 Å². The predicted molar refractivity (Wildman–Crippen MR) is 121 cm³/mol. The number of amides is 2. The Bertz CT molecular complexity index is 1120. The highest BCUT2D eigenvalue weighted by molar-refractivity contribution is 7.10. The minimum atomic E-state index is -0.859. The number of carbonyl (C=O) groups excluding carboxylic acids is 2. The maximum absolute atomic E-state index is 13.5. The van der Waals surface area contributed by atoms with E-state index in [0.717, 1.165) is 10.4 Å². The fraction of sp³-hybridized carbons (Fsp3) is 0.0833. The van der Waals surface area contributed by atoms with Gasteiger partial charge < -0.3 is 5.32 Å². The van der Waals surface area contributed by atoms with E-state index in [1.54, 1.807) is 48.9 Å². The molecular weight excluding hydrogens is 408 g/mol. The highest BCUT2D eigenvalue weighted by Gasteiger charge is 2.34. The molecule has 31 heavy (non-hydrogen) atoms. The van der Waals surface area contributed by atoms with Gasteiger partial charge in [-0.2, -0.15) is 0 Å². The molecule has 0 bridgehead atoms. The summed E-state index contributed by atoms with van der Waals surface area (Å²) in [7, 11) is 0. The predicted octanol–water partition coefficient (Wildman–Crippen LogP) is 4.24. The minimum Gasteiger partial charge on any atom is -0.350 e. The summed E-state index contributed by atoms with van der Waals surface area (Å²) in [6.07, 6.45) is 4.76. The Kier molecular flexibility index (Phi) is 6.44. The molecule has 0 saturated carbocycles. The molecule has 0 aliphatic carbocycles. The smallest absolute Gasteiger partial charge is 0.277 e. The number of benzene rings is 1. The average Bonchev–Trinajstić information content (AvgIpc) is 3.37. The summed E-state index contributed by atoms with van der Waals surface area (Å²) >= 11 is 1.42. The van der Waals surface area contributed by atoms with Crippen molar-refractivity contribution in [3.63, 3.8) is 0 Å². The summed E-state index contributed by atoms with van der Waals surface area (Å²) < 4.78 is 0. The van der Waals surface area contributed by atoms with Gasteiger partial charge in [-0.25, -0.2) is 0 Å². The number of carbonyl (C=O) groups is 2. The number of rotatable bonds is 7. The van der Waals surface area contributed by atoms with E-state index in [4.69, 9.17) is 0 Å². The standard InChI is InChI=1S/C24H20N4O2S/c29-23(27-16-18-8-2-1-3-9-18)22(21-12-7-15-31-21)28(19-10-6-13-25-17-19)24(30)20-11-4-5-14-26-20/h1-15,17,22H,16H2,(H,27,29)/t22-/m0/s1. The van der Waals surface area contributed by atoms with Gasteiger partial charge in [0.1, 0.15) is 5.69 Å². The summed E-state index contributed by atoms with van der Waals surface area (Å²) in [6, 6.07) is 21.1. The van der Waals surface area contributed by atoms with Crippen molar-refractivity contribution < 1.29 is 9.59 Å². The number of nitrogens with one attached hydrogen (secondary N) is 1. The fourth-order valence-corrected chi connectivity index (χ4v) is 4.01. The Hall–Kier alpha value is -3.84. The number of anilines is 1. The van der Waals surface area contributed by atoms with Crippen molar-refractivity contribution >= 4 is 28.8 Å². The Morgan fingerprint density at radius 3 is 2.45 bits per heavy atom. The van der Waals surface area contributed by atoms with E-state index >= 15 is 0 Å². The average molecular weight is 429 g/mol. The van der Waals surface area contributed by atoms with Crippen molar-refractivity contribution in [2.45, 2.75) is 12.6 Å². The van der Waals surface area contributed by atoms with Crippen molar-refractivity contribution in [1.82, 2.24) is 15.3 Å². The molecule has 4 aromatic rings. The molecule has 154 valence electrons. The maximum atomic E-state index is 13.5. The van der Waals surface area contributed by atoms with Crippen LogP contribution in [0.2, 0.25) is 0 Å². The number of pyridine rings is 2. The molecule has 0 aliphatic rings. The molecule has 4 rings (SSSR count). The highest BCUT2D eigenvalue weighted by atomic mass is 32.1. The number of thiophene rings is 1. The summed E-state index contributed by atoms with van der Waals surface area (Å²) in [5.74, 6) is -0.652. The van der Waals surface area contributed by atoms with Gasteiger partial charge in [-0.05, 0) is 41.3 Å². The lowest BCUT2D eigenvalue weighted by Gasteiger charge is -2.30.